The molecular formula is C13H19N3O2. The number of nitrogens with zero attached hydrogens (tertiary/aromatic N) is 2. The first-order chi connectivity index (χ1) is 8.58. The molecule has 2 rings (SSSR count). The molecule has 0 atom stereocenters. The number of nitrogens with one attached hydrogen (secondary N) is 1. The Morgan fingerprint density at radius 2 is 2.28 bits per heavy atom. The molecular weight excluding hydrogens is 230 g/mol. The average Bonchev–Trinajstić information content (AvgIpc) is 2.27. The summed E-state index contributed by atoms with van der Waals surface area (Å²) in [6, 6.07) is 1.67. The predicted molar refractivity (Wildman–Crippen MR) is 70.7 cm³/mol. The normalized spacial score (nSPS) is 17.0. The maximum Gasteiger partial charge on any atom is 0.314 e. The molecule has 5 heteroatoms. The molecule has 1 fully saturated rings. The third-order valence-corrected chi connectivity index (χ3v) is 4.10. The maximum atomic E-state index is 11.0. The monoisotopic (exact) mass is 249 g/mol. The van der Waals surface area contributed by atoms with Crippen LogP contribution in [0.1, 0.15) is 38.2 Å². The highest BCUT2D eigenvalue weighted by Gasteiger charge is 2.35. The lowest BCUT2D eigenvalue weighted by Gasteiger charge is -2.41. The number of hydrogen-bond donors (Lipinski definition) is 1. The SMILES string of the molecule is CCC1(CNc2nccc(C)c2[N+](=O)[O-])CCC1. The van der Waals surface area contributed by atoms with Crippen molar-refractivity contribution in [2.75, 3.05) is 11.9 Å². The number of rotatable bonds is 5. The van der Waals surface area contributed by atoms with E-state index in [2.05, 4.69) is 17.2 Å². The van der Waals surface area contributed by atoms with Crippen molar-refractivity contribution in [1.82, 2.24) is 4.98 Å². The van der Waals surface area contributed by atoms with Gasteiger partial charge in [-0.15, -0.1) is 0 Å². The van der Waals surface area contributed by atoms with Crippen LogP contribution in [0.3, 0.4) is 0 Å². The van der Waals surface area contributed by atoms with Crippen molar-refractivity contribution in [3.63, 3.8) is 0 Å². The molecule has 98 valence electrons. The first-order valence-electron chi connectivity index (χ1n) is 6.42. The minimum Gasteiger partial charge on any atom is -0.364 e. The maximum absolute atomic E-state index is 11.0. The van der Waals surface area contributed by atoms with E-state index in [9.17, 15) is 10.1 Å². The Morgan fingerprint density at radius 3 is 2.78 bits per heavy atom. The van der Waals surface area contributed by atoms with Gasteiger partial charge in [-0.1, -0.05) is 13.3 Å². The largest absolute Gasteiger partial charge is 0.364 e. The van der Waals surface area contributed by atoms with Crippen molar-refractivity contribution in [2.45, 2.75) is 39.5 Å². The summed E-state index contributed by atoms with van der Waals surface area (Å²) in [5.74, 6) is 0.403. The molecule has 1 aliphatic rings. The summed E-state index contributed by atoms with van der Waals surface area (Å²) in [6.07, 6.45) is 6.40. The van der Waals surface area contributed by atoms with Crippen LogP contribution in [0, 0.1) is 22.5 Å². The van der Waals surface area contributed by atoms with E-state index in [4.69, 9.17) is 0 Å². The van der Waals surface area contributed by atoms with Crippen LogP contribution in [0.25, 0.3) is 0 Å². The lowest BCUT2D eigenvalue weighted by atomic mass is 9.67. The topological polar surface area (TPSA) is 68.1 Å². The van der Waals surface area contributed by atoms with Gasteiger partial charge in [0.15, 0.2) is 0 Å². The second-order valence-corrected chi connectivity index (χ2v) is 5.14. The Kier molecular flexibility index (Phi) is 3.50. The van der Waals surface area contributed by atoms with Crippen molar-refractivity contribution >= 4 is 11.5 Å². The molecule has 1 aliphatic carbocycles. The summed E-state index contributed by atoms with van der Waals surface area (Å²) >= 11 is 0. The predicted octanol–water partition coefficient (Wildman–Crippen LogP) is 3.29. The second kappa shape index (κ2) is 4.92. The molecule has 1 saturated carbocycles. The highest BCUT2D eigenvalue weighted by molar-refractivity contribution is 5.59. The van der Waals surface area contributed by atoms with Gasteiger partial charge in [-0.25, -0.2) is 4.98 Å². The fraction of sp³-hybridized carbons (Fsp3) is 0.615. The Hall–Kier alpha value is -1.65. The zero-order chi connectivity index (χ0) is 13.2. The smallest absolute Gasteiger partial charge is 0.314 e. The fourth-order valence-corrected chi connectivity index (χ4v) is 2.51. The molecule has 0 amide bonds. The van der Waals surface area contributed by atoms with E-state index in [0.29, 0.717) is 16.8 Å². The third-order valence-electron chi connectivity index (χ3n) is 4.10. The third kappa shape index (κ3) is 2.30. The van der Waals surface area contributed by atoms with Crippen LogP contribution in [0.2, 0.25) is 0 Å². The molecule has 0 aliphatic heterocycles. The zero-order valence-electron chi connectivity index (χ0n) is 10.9. The molecule has 0 aromatic carbocycles. The quantitative estimate of drug-likeness (QED) is 0.642. The summed E-state index contributed by atoms with van der Waals surface area (Å²) in [5, 5.41) is 14.2. The summed E-state index contributed by atoms with van der Waals surface area (Å²) in [7, 11) is 0. The van der Waals surface area contributed by atoms with E-state index in [1.807, 2.05) is 0 Å². The van der Waals surface area contributed by atoms with E-state index in [1.165, 1.54) is 19.3 Å². The molecule has 5 nitrogen and oxygen atoms in total. The van der Waals surface area contributed by atoms with Crippen molar-refractivity contribution in [2.24, 2.45) is 5.41 Å². The second-order valence-electron chi connectivity index (χ2n) is 5.14. The molecule has 1 aromatic heterocycles. The standard InChI is InChI=1S/C13H19N3O2/c1-3-13(6-4-7-13)9-15-12-11(16(17)18)10(2)5-8-14-12/h5,8H,3-4,6-7,9H2,1-2H3,(H,14,15). The molecule has 1 N–H and O–H groups in total. The number of pyridine rings is 1. The van der Waals surface area contributed by atoms with Crippen molar-refractivity contribution in [3.05, 3.63) is 27.9 Å². The Bertz CT molecular complexity index is 450. The zero-order valence-corrected chi connectivity index (χ0v) is 10.9. The minimum atomic E-state index is -0.357. The summed E-state index contributed by atoms with van der Waals surface area (Å²) in [4.78, 5) is 14.8. The Morgan fingerprint density at radius 1 is 1.56 bits per heavy atom. The van der Waals surface area contributed by atoms with E-state index in [1.54, 1.807) is 19.2 Å². The number of aromatic nitrogens is 1. The van der Waals surface area contributed by atoms with Gasteiger partial charge in [-0.05, 0) is 37.7 Å². The van der Waals surface area contributed by atoms with Crippen molar-refractivity contribution in [3.8, 4) is 0 Å². The summed E-state index contributed by atoms with van der Waals surface area (Å²) in [6.45, 7) is 4.70. The van der Waals surface area contributed by atoms with Gasteiger partial charge in [-0.3, -0.25) is 10.1 Å². The molecule has 0 unspecified atom stereocenters. The average molecular weight is 249 g/mol. The Labute approximate surface area is 107 Å². The van der Waals surface area contributed by atoms with Gasteiger partial charge in [0.1, 0.15) is 0 Å². The summed E-state index contributed by atoms with van der Waals surface area (Å²) in [5.41, 5.74) is 1.07. The van der Waals surface area contributed by atoms with Crippen LogP contribution in [0.5, 0.6) is 0 Å². The van der Waals surface area contributed by atoms with Crippen molar-refractivity contribution in [1.29, 1.82) is 0 Å². The van der Waals surface area contributed by atoms with Gasteiger partial charge < -0.3 is 5.32 Å². The van der Waals surface area contributed by atoms with Gasteiger partial charge >= 0.3 is 5.69 Å². The molecule has 1 aromatic rings. The van der Waals surface area contributed by atoms with Crippen LogP contribution in [-0.2, 0) is 0 Å². The number of anilines is 1. The van der Waals surface area contributed by atoms with Gasteiger partial charge in [0.2, 0.25) is 5.82 Å². The van der Waals surface area contributed by atoms with Crippen LogP contribution in [0.15, 0.2) is 12.3 Å². The lowest BCUT2D eigenvalue weighted by molar-refractivity contribution is -0.384. The highest BCUT2D eigenvalue weighted by Crippen LogP contribution is 2.44. The van der Waals surface area contributed by atoms with E-state index >= 15 is 0 Å². The van der Waals surface area contributed by atoms with Gasteiger partial charge in [0, 0.05) is 18.3 Å². The fourth-order valence-electron chi connectivity index (χ4n) is 2.51. The number of hydrogen-bond acceptors (Lipinski definition) is 4. The van der Waals surface area contributed by atoms with Gasteiger partial charge in [0.05, 0.1) is 4.92 Å². The van der Waals surface area contributed by atoms with E-state index in [-0.39, 0.29) is 10.6 Å². The molecule has 1 heterocycles. The molecule has 0 saturated heterocycles. The van der Waals surface area contributed by atoms with Gasteiger partial charge in [-0.2, -0.15) is 0 Å². The molecule has 0 spiro atoms. The first-order valence-corrected chi connectivity index (χ1v) is 6.42. The highest BCUT2D eigenvalue weighted by atomic mass is 16.6. The molecule has 18 heavy (non-hydrogen) atoms. The van der Waals surface area contributed by atoms with Crippen molar-refractivity contribution < 1.29 is 4.92 Å². The van der Waals surface area contributed by atoms with Gasteiger partial charge in [0.25, 0.3) is 0 Å². The van der Waals surface area contributed by atoms with Crippen LogP contribution < -0.4 is 5.32 Å². The van der Waals surface area contributed by atoms with Crippen LogP contribution in [0.4, 0.5) is 11.5 Å². The molecule has 0 bridgehead atoms. The van der Waals surface area contributed by atoms with E-state index in [0.717, 1.165) is 13.0 Å². The number of nitro groups is 1. The number of aryl methyl sites for hydroxylation is 1. The van der Waals surface area contributed by atoms with Crippen LogP contribution in [-0.4, -0.2) is 16.5 Å². The Balaban J connectivity index is 2.14. The van der Waals surface area contributed by atoms with Crippen LogP contribution >= 0.6 is 0 Å². The minimum absolute atomic E-state index is 0.100. The summed E-state index contributed by atoms with van der Waals surface area (Å²) < 4.78 is 0. The lowest BCUT2D eigenvalue weighted by Crippen LogP contribution is -2.36. The first kappa shape index (κ1) is 12.8. The molecule has 0 radical (unpaired) electrons. The van der Waals surface area contributed by atoms with E-state index < -0.39 is 0 Å².